The summed E-state index contributed by atoms with van der Waals surface area (Å²) >= 11 is 1.46. The third kappa shape index (κ3) is 4.82. The van der Waals surface area contributed by atoms with E-state index in [1.165, 1.54) is 18.4 Å². The highest BCUT2D eigenvalue weighted by Gasteiger charge is 2.29. The summed E-state index contributed by atoms with van der Waals surface area (Å²) in [5, 5.41) is 5.28. The molecule has 4 rings (SSSR count). The number of carbonyl (C=O) groups excluding carboxylic acids is 2. The van der Waals surface area contributed by atoms with Crippen molar-refractivity contribution < 1.29 is 22.7 Å². The number of rotatable bonds is 7. The van der Waals surface area contributed by atoms with Crippen LogP contribution in [0.4, 0.5) is 4.79 Å². The summed E-state index contributed by atoms with van der Waals surface area (Å²) in [6, 6.07) is 5.74. The lowest BCUT2D eigenvalue weighted by Crippen LogP contribution is -2.38. The highest BCUT2D eigenvalue weighted by molar-refractivity contribution is 7.89. The molecule has 0 aliphatic carbocycles. The van der Waals surface area contributed by atoms with Crippen LogP contribution in [0.5, 0.6) is 0 Å². The number of primary amides is 1. The number of hydrogen-bond donors (Lipinski definition) is 3. The van der Waals surface area contributed by atoms with Crippen molar-refractivity contribution in [3.8, 4) is 11.1 Å². The minimum Gasteiger partial charge on any atom is -0.444 e. The lowest BCUT2D eigenvalue weighted by atomic mass is 9.88. The summed E-state index contributed by atoms with van der Waals surface area (Å²) in [7, 11) is -1.69. The van der Waals surface area contributed by atoms with Crippen molar-refractivity contribution in [2.45, 2.75) is 32.3 Å². The fourth-order valence-corrected chi connectivity index (χ4v) is 6.33. The third-order valence-electron chi connectivity index (χ3n) is 6.28. The Kier molecular flexibility index (Phi) is 6.96. The molecule has 1 saturated heterocycles. The van der Waals surface area contributed by atoms with Crippen LogP contribution < -0.4 is 11.1 Å². The molecule has 1 aliphatic heterocycles. The number of sulfonamides is 1. The minimum atomic E-state index is -3.20. The fourth-order valence-electron chi connectivity index (χ4n) is 4.40. The van der Waals surface area contributed by atoms with E-state index >= 15 is 0 Å². The van der Waals surface area contributed by atoms with Gasteiger partial charge in [-0.05, 0) is 66.0 Å². The average Bonchev–Trinajstić information content (AvgIpc) is 3.49. The first-order chi connectivity index (χ1) is 16.2. The standard InChI is InChI=1S/C23H28N4O5S2/c1-3-34(30,31)27-6-4-14(5-7-27)20-11-26-21-18(20)9-15(10-19(21)22(24)28)16-8-17(33-13-16)12-32-23(29)25-2/h8-11,13-14,26H,3-7,12H2,1-2H3,(H2,24,28)(H,25,29). The molecule has 3 heterocycles. The molecule has 0 bridgehead atoms. The van der Waals surface area contributed by atoms with Crippen molar-refractivity contribution in [1.82, 2.24) is 14.6 Å². The maximum atomic E-state index is 12.3. The zero-order valence-electron chi connectivity index (χ0n) is 19.1. The molecule has 0 saturated carbocycles. The zero-order valence-corrected chi connectivity index (χ0v) is 20.7. The number of amides is 2. The molecule has 11 heteroatoms. The first kappa shape index (κ1) is 24.2. The Morgan fingerprint density at radius 1 is 1.24 bits per heavy atom. The Morgan fingerprint density at radius 2 is 1.97 bits per heavy atom. The number of carbonyl (C=O) groups is 2. The quantitative estimate of drug-likeness (QED) is 0.453. The molecule has 182 valence electrons. The van der Waals surface area contributed by atoms with Gasteiger partial charge in [-0.25, -0.2) is 17.5 Å². The van der Waals surface area contributed by atoms with Crippen molar-refractivity contribution in [3.05, 3.63) is 45.8 Å². The number of benzene rings is 1. The second-order valence-corrected chi connectivity index (χ2v) is 11.5. The maximum Gasteiger partial charge on any atom is 0.407 e. The SMILES string of the molecule is CCS(=O)(=O)N1CCC(c2c[nH]c3c(C(N)=O)cc(-c4csc(COC(=O)NC)c4)cc23)CC1. The van der Waals surface area contributed by atoms with Crippen LogP contribution in [0, 0.1) is 0 Å². The third-order valence-corrected chi connectivity index (χ3v) is 9.07. The number of nitrogens with two attached hydrogens (primary N) is 1. The van der Waals surface area contributed by atoms with Gasteiger partial charge >= 0.3 is 6.09 Å². The number of nitrogens with zero attached hydrogens (tertiary/aromatic N) is 1. The Bertz CT molecular complexity index is 1320. The summed E-state index contributed by atoms with van der Waals surface area (Å²) in [4.78, 5) is 27.7. The molecule has 34 heavy (non-hydrogen) atoms. The van der Waals surface area contributed by atoms with E-state index in [2.05, 4.69) is 10.3 Å². The number of H-pyrrole nitrogens is 1. The number of hydrogen-bond acceptors (Lipinski definition) is 6. The largest absolute Gasteiger partial charge is 0.444 e. The zero-order chi connectivity index (χ0) is 24.5. The molecule has 2 aromatic heterocycles. The molecule has 1 fully saturated rings. The molecule has 9 nitrogen and oxygen atoms in total. The number of piperidine rings is 1. The van der Waals surface area contributed by atoms with Gasteiger partial charge in [0, 0.05) is 36.6 Å². The highest BCUT2D eigenvalue weighted by atomic mass is 32.2. The van der Waals surface area contributed by atoms with Crippen molar-refractivity contribution in [2.75, 3.05) is 25.9 Å². The van der Waals surface area contributed by atoms with Crippen LogP contribution in [0.25, 0.3) is 22.0 Å². The second kappa shape index (κ2) is 9.77. The summed E-state index contributed by atoms with van der Waals surface area (Å²) in [6.07, 6.45) is 2.83. The van der Waals surface area contributed by atoms with Crippen molar-refractivity contribution >= 4 is 44.3 Å². The molecule has 0 radical (unpaired) electrons. The lowest BCUT2D eigenvalue weighted by molar-refractivity contribution is 0.100. The van der Waals surface area contributed by atoms with Crippen LogP contribution in [0.1, 0.15) is 46.5 Å². The maximum absolute atomic E-state index is 12.3. The van der Waals surface area contributed by atoms with Crippen LogP contribution >= 0.6 is 11.3 Å². The van der Waals surface area contributed by atoms with Crippen LogP contribution in [-0.4, -0.2) is 55.6 Å². The predicted octanol–water partition coefficient (Wildman–Crippen LogP) is 3.38. The van der Waals surface area contributed by atoms with Crippen LogP contribution in [0.3, 0.4) is 0 Å². The molecular formula is C23H28N4O5S2. The first-order valence-corrected chi connectivity index (χ1v) is 13.6. The van der Waals surface area contributed by atoms with Crippen molar-refractivity contribution in [2.24, 2.45) is 5.73 Å². The van der Waals surface area contributed by atoms with E-state index in [1.807, 2.05) is 23.7 Å². The van der Waals surface area contributed by atoms with Gasteiger partial charge in [-0.2, -0.15) is 0 Å². The number of aromatic nitrogens is 1. The molecule has 0 spiro atoms. The van der Waals surface area contributed by atoms with Gasteiger partial charge in [0.15, 0.2) is 0 Å². The van der Waals surface area contributed by atoms with Gasteiger partial charge in [-0.15, -0.1) is 11.3 Å². The van der Waals surface area contributed by atoms with Gasteiger partial charge < -0.3 is 20.8 Å². The van der Waals surface area contributed by atoms with E-state index in [9.17, 15) is 18.0 Å². The fraction of sp³-hybridized carbons (Fsp3) is 0.391. The molecule has 1 aromatic carbocycles. The Hall–Kier alpha value is -2.89. The second-order valence-electron chi connectivity index (χ2n) is 8.26. The number of alkyl carbamates (subject to hydrolysis) is 1. The van der Waals surface area contributed by atoms with Crippen molar-refractivity contribution in [3.63, 3.8) is 0 Å². The topological polar surface area (TPSA) is 135 Å². The van der Waals surface area contributed by atoms with E-state index in [0.717, 1.165) is 27.0 Å². The average molecular weight is 505 g/mol. The molecule has 2 amide bonds. The van der Waals surface area contributed by atoms with Crippen molar-refractivity contribution in [1.29, 1.82) is 0 Å². The summed E-state index contributed by atoms with van der Waals surface area (Å²) in [6.45, 7) is 2.78. The smallest absolute Gasteiger partial charge is 0.407 e. The minimum absolute atomic E-state index is 0.104. The number of aromatic amines is 1. The van der Waals surface area contributed by atoms with Crippen LogP contribution in [0.2, 0.25) is 0 Å². The molecular weight excluding hydrogens is 476 g/mol. The monoisotopic (exact) mass is 504 g/mol. The van der Waals surface area contributed by atoms with E-state index in [0.29, 0.717) is 37.0 Å². The van der Waals surface area contributed by atoms with E-state index in [-0.39, 0.29) is 18.3 Å². The van der Waals surface area contributed by atoms with Gasteiger partial charge in [0.1, 0.15) is 6.61 Å². The summed E-state index contributed by atoms with van der Waals surface area (Å²) in [5.41, 5.74) is 9.60. The lowest BCUT2D eigenvalue weighted by Gasteiger charge is -2.31. The summed E-state index contributed by atoms with van der Waals surface area (Å²) < 4.78 is 31.1. The van der Waals surface area contributed by atoms with E-state index < -0.39 is 22.0 Å². The molecule has 4 N–H and O–H groups in total. The Labute approximate surface area is 202 Å². The Balaban J connectivity index is 1.65. The number of nitrogens with one attached hydrogen (secondary N) is 2. The predicted molar refractivity (Wildman–Crippen MR) is 132 cm³/mol. The van der Waals surface area contributed by atoms with Gasteiger partial charge in [-0.1, -0.05) is 0 Å². The van der Waals surface area contributed by atoms with E-state index in [1.54, 1.807) is 17.3 Å². The van der Waals surface area contributed by atoms with Gasteiger partial charge in [0.25, 0.3) is 5.91 Å². The summed E-state index contributed by atoms with van der Waals surface area (Å²) in [5.74, 6) is -0.248. The number of thiophene rings is 1. The number of fused-ring (bicyclic) bond motifs is 1. The Morgan fingerprint density at radius 3 is 2.62 bits per heavy atom. The van der Waals surface area contributed by atoms with Gasteiger partial charge in [-0.3, -0.25) is 4.79 Å². The normalized spacial score (nSPS) is 15.5. The van der Waals surface area contributed by atoms with Gasteiger partial charge in [0.05, 0.1) is 16.8 Å². The number of ether oxygens (including phenoxy) is 1. The first-order valence-electron chi connectivity index (χ1n) is 11.1. The van der Waals surface area contributed by atoms with E-state index in [4.69, 9.17) is 10.5 Å². The molecule has 1 aliphatic rings. The van der Waals surface area contributed by atoms with Crippen LogP contribution in [-0.2, 0) is 21.4 Å². The van der Waals surface area contributed by atoms with Crippen LogP contribution in [0.15, 0.2) is 29.8 Å². The molecule has 0 unspecified atom stereocenters. The highest BCUT2D eigenvalue weighted by Crippen LogP contribution is 2.38. The van der Waals surface area contributed by atoms with Gasteiger partial charge in [0.2, 0.25) is 10.0 Å². The molecule has 3 aromatic rings. The molecule has 0 atom stereocenters.